The lowest BCUT2D eigenvalue weighted by Crippen LogP contribution is -2.02. The molecular formula is C16H21N3O2. The summed E-state index contributed by atoms with van der Waals surface area (Å²) in [6.07, 6.45) is 3.54. The van der Waals surface area contributed by atoms with Gasteiger partial charge < -0.3 is 15.2 Å². The molecule has 2 N–H and O–H groups in total. The van der Waals surface area contributed by atoms with Gasteiger partial charge in [0.05, 0.1) is 18.9 Å². The lowest BCUT2D eigenvalue weighted by atomic mass is 10.1. The zero-order valence-corrected chi connectivity index (χ0v) is 12.5. The van der Waals surface area contributed by atoms with Crippen LogP contribution in [0, 0.1) is 0 Å². The zero-order valence-electron chi connectivity index (χ0n) is 12.5. The molecule has 5 nitrogen and oxygen atoms in total. The summed E-state index contributed by atoms with van der Waals surface area (Å²) in [5.41, 5.74) is 7.33. The number of nitrogens with zero attached hydrogens (tertiary/aromatic N) is 2. The van der Waals surface area contributed by atoms with Gasteiger partial charge in [0.25, 0.3) is 0 Å². The molecule has 5 heteroatoms. The van der Waals surface area contributed by atoms with E-state index >= 15 is 0 Å². The molecule has 0 aliphatic carbocycles. The van der Waals surface area contributed by atoms with Crippen molar-refractivity contribution in [3.63, 3.8) is 0 Å². The standard InChI is InChI=1S/C16H21N3O2/c1-3-9-20-14-6-5-12(11-15(14)21-10-4-2)13-7-8-18-16(17)19-13/h5-8,11H,3-4,9-10H2,1-2H3,(H2,17,18,19). The number of hydrogen-bond acceptors (Lipinski definition) is 5. The second-order valence-electron chi connectivity index (χ2n) is 4.66. The predicted molar refractivity (Wildman–Crippen MR) is 83.5 cm³/mol. The SMILES string of the molecule is CCCOc1ccc(-c2ccnc(N)n2)cc1OCCC. The van der Waals surface area contributed by atoms with Crippen LogP contribution in [0.15, 0.2) is 30.5 Å². The summed E-state index contributed by atoms with van der Waals surface area (Å²) < 4.78 is 11.5. The molecule has 2 rings (SSSR count). The highest BCUT2D eigenvalue weighted by Crippen LogP contribution is 2.32. The summed E-state index contributed by atoms with van der Waals surface area (Å²) in [4.78, 5) is 8.13. The molecule has 0 saturated carbocycles. The molecule has 0 amide bonds. The van der Waals surface area contributed by atoms with Crippen molar-refractivity contribution < 1.29 is 9.47 Å². The Balaban J connectivity index is 2.31. The minimum atomic E-state index is 0.259. The first-order valence-corrected chi connectivity index (χ1v) is 7.23. The maximum atomic E-state index is 5.78. The second-order valence-corrected chi connectivity index (χ2v) is 4.66. The lowest BCUT2D eigenvalue weighted by Gasteiger charge is -2.13. The van der Waals surface area contributed by atoms with Gasteiger partial charge in [0.15, 0.2) is 11.5 Å². The summed E-state index contributed by atoms with van der Waals surface area (Å²) in [7, 11) is 0. The quantitative estimate of drug-likeness (QED) is 0.846. The van der Waals surface area contributed by atoms with Crippen LogP contribution in [0.5, 0.6) is 11.5 Å². The van der Waals surface area contributed by atoms with E-state index in [2.05, 4.69) is 23.8 Å². The van der Waals surface area contributed by atoms with E-state index in [0.717, 1.165) is 35.6 Å². The number of ether oxygens (including phenoxy) is 2. The molecule has 1 heterocycles. The average molecular weight is 287 g/mol. The van der Waals surface area contributed by atoms with E-state index in [4.69, 9.17) is 15.2 Å². The first-order valence-electron chi connectivity index (χ1n) is 7.23. The predicted octanol–water partition coefficient (Wildman–Crippen LogP) is 3.30. The van der Waals surface area contributed by atoms with Crippen LogP contribution in [0.25, 0.3) is 11.3 Å². The number of anilines is 1. The highest BCUT2D eigenvalue weighted by Gasteiger charge is 2.09. The molecule has 0 atom stereocenters. The van der Waals surface area contributed by atoms with Gasteiger partial charge >= 0.3 is 0 Å². The smallest absolute Gasteiger partial charge is 0.220 e. The summed E-state index contributed by atoms with van der Waals surface area (Å²) in [5, 5.41) is 0. The lowest BCUT2D eigenvalue weighted by molar-refractivity contribution is 0.268. The third kappa shape index (κ3) is 4.08. The van der Waals surface area contributed by atoms with Gasteiger partial charge in [-0.1, -0.05) is 13.8 Å². The van der Waals surface area contributed by atoms with Gasteiger partial charge in [0.1, 0.15) is 0 Å². The number of hydrogen-bond donors (Lipinski definition) is 1. The molecule has 0 aliphatic heterocycles. The van der Waals surface area contributed by atoms with E-state index in [0.29, 0.717) is 13.2 Å². The molecule has 0 saturated heterocycles. The van der Waals surface area contributed by atoms with Crippen LogP contribution in [0.2, 0.25) is 0 Å². The Hall–Kier alpha value is -2.30. The molecule has 0 unspecified atom stereocenters. The molecule has 0 aliphatic rings. The third-order valence-corrected chi connectivity index (χ3v) is 2.84. The molecule has 0 spiro atoms. The average Bonchev–Trinajstić information content (AvgIpc) is 2.51. The van der Waals surface area contributed by atoms with Crippen molar-refractivity contribution in [2.24, 2.45) is 0 Å². The normalized spacial score (nSPS) is 10.4. The highest BCUT2D eigenvalue weighted by atomic mass is 16.5. The number of aromatic nitrogens is 2. The van der Waals surface area contributed by atoms with E-state index in [1.54, 1.807) is 6.20 Å². The Morgan fingerprint density at radius 1 is 1.00 bits per heavy atom. The largest absolute Gasteiger partial charge is 0.490 e. The van der Waals surface area contributed by atoms with E-state index < -0.39 is 0 Å². The van der Waals surface area contributed by atoms with Crippen molar-refractivity contribution in [3.05, 3.63) is 30.5 Å². The van der Waals surface area contributed by atoms with Crippen LogP contribution in [-0.4, -0.2) is 23.2 Å². The van der Waals surface area contributed by atoms with Gasteiger partial charge in [0.2, 0.25) is 5.95 Å². The first kappa shape index (κ1) is 15.1. The van der Waals surface area contributed by atoms with Crippen molar-refractivity contribution in [2.45, 2.75) is 26.7 Å². The van der Waals surface area contributed by atoms with Crippen LogP contribution < -0.4 is 15.2 Å². The summed E-state index contributed by atoms with van der Waals surface area (Å²) in [5.74, 6) is 1.76. The number of nitrogen functional groups attached to an aromatic ring is 1. The molecule has 112 valence electrons. The monoisotopic (exact) mass is 287 g/mol. The molecule has 1 aromatic heterocycles. The number of benzene rings is 1. The maximum absolute atomic E-state index is 5.78. The van der Waals surface area contributed by atoms with E-state index in [9.17, 15) is 0 Å². The fourth-order valence-electron chi connectivity index (χ4n) is 1.86. The maximum Gasteiger partial charge on any atom is 0.220 e. The van der Waals surface area contributed by atoms with Crippen LogP contribution in [0.1, 0.15) is 26.7 Å². The van der Waals surface area contributed by atoms with Gasteiger partial charge in [-0.05, 0) is 37.1 Å². The Morgan fingerprint density at radius 2 is 1.71 bits per heavy atom. The minimum Gasteiger partial charge on any atom is -0.490 e. The first-order chi connectivity index (χ1) is 10.2. The summed E-state index contributed by atoms with van der Waals surface area (Å²) in [6, 6.07) is 7.62. The van der Waals surface area contributed by atoms with Gasteiger partial charge in [-0.25, -0.2) is 9.97 Å². The van der Waals surface area contributed by atoms with Gasteiger partial charge in [-0.15, -0.1) is 0 Å². The number of nitrogens with two attached hydrogens (primary N) is 1. The zero-order chi connectivity index (χ0) is 15.1. The highest BCUT2D eigenvalue weighted by molar-refractivity contribution is 5.64. The second kappa shape index (κ2) is 7.47. The van der Waals surface area contributed by atoms with Gasteiger partial charge in [-0.3, -0.25) is 0 Å². The van der Waals surface area contributed by atoms with Gasteiger partial charge in [-0.2, -0.15) is 0 Å². The van der Waals surface area contributed by atoms with Crippen LogP contribution in [0.3, 0.4) is 0 Å². The fourth-order valence-corrected chi connectivity index (χ4v) is 1.86. The van der Waals surface area contributed by atoms with E-state index in [1.807, 2.05) is 24.3 Å². The minimum absolute atomic E-state index is 0.259. The molecular weight excluding hydrogens is 266 g/mol. The van der Waals surface area contributed by atoms with Crippen LogP contribution in [-0.2, 0) is 0 Å². The number of rotatable bonds is 7. The third-order valence-electron chi connectivity index (χ3n) is 2.84. The molecule has 0 fully saturated rings. The summed E-state index contributed by atoms with van der Waals surface area (Å²) in [6.45, 7) is 5.46. The van der Waals surface area contributed by atoms with Crippen molar-refractivity contribution in [3.8, 4) is 22.8 Å². The van der Waals surface area contributed by atoms with E-state index in [-0.39, 0.29) is 5.95 Å². The van der Waals surface area contributed by atoms with Crippen molar-refractivity contribution in [1.82, 2.24) is 9.97 Å². The van der Waals surface area contributed by atoms with Crippen LogP contribution >= 0.6 is 0 Å². The molecule has 21 heavy (non-hydrogen) atoms. The molecule has 1 aromatic carbocycles. The molecule has 0 bridgehead atoms. The van der Waals surface area contributed by atoms with Gasteiger partial charge in [0, 0.05) is 11.8 Å². The van der Waals surface area contributed by atoms with Crippen molar-refractivity contribution >= 4 is 5.95 Å². The molecule has 0 radical (unpaired) electrons. The Morgan fingerprint density at radius 3 is 2.38 bits per heavy atom. The molecule has 2 aromatic rings. The van der Waals surface area contributed by atoms with Crippen LogP contribution in [0.4, 0.5) is 5.95 Å². The van der Waals surface area contributed by atoms with E-state index in [1.165, 1.54) is 0 Å². The van der Waals surface area contributed by atoms with Crippen molar-refractivity contribution in [2.75, 3.05) is 18.9 Å². The topological polar surface area (TPSA) is 70.3 Å². The van der Waals surface area contributed by atoms with Crippen molar-refractivity contribution in [1.29, 1.82) is 0 Å². The Labute approximate surface area is 125 Å². The summed E-state index contributed by atoms with van der Waals surface area (Å²) >= 11 is 0. The fraction of sp³-hybridized carbons (Fsp3) is 0.375. The Kier molecular flexibility index (Phi) is 5.37. The Bertz CT molecular complexity index is 587.